The molecule has 1 atom stereocenters. The molecule has 0 aliphatic carbocycles. The van der Waals surface area contributed by atoms with Gasteiger partial charge in [-0.2, -0.15) is 0 Å². The molecule has 0 saturated carbocycles. The quantitative estimate of drug-likeness (QED) is 0.772. The van der Waals surface area contributed by atoms with E-state index < -0.39 is 0 Å². The maximum absolute atomic E-state index is 12.9. The Morgan fingerprint density at radius 2 is 1.77 bits per heavy atom. The summed E-state index contributed by atoms with van der Waals surface area (Å²) in [5, 5.41) is -0.0584. The maximum Gasteiger partial charge on any atom is 0.235 e. The van der Waals surface area contributed by atoms with Crippen LogP contribution in [0.3, 0.4) is 0 Å². The van der Waals surface area contributed by atoms with E-state index in [4.69, 9.17) is 9.47 Å². The highest BCUT2D eigenvalue weighted by Gasteiger charge is 2.26. The Bertz CT molecular complexity index is 763. The minimum atomic E-state index is -0.0584. The first-order valence-electron chi connectivity index (χ1n) is 8.80. The van der Waals surface area contributed by atoms with Crippen molar-refractivity contribution in [2.45, 2.75) is 30.9 Å². The van der Waals surface area contributed by atoms with E-state index in [9.17, 15) is 4.79 Å². The molecule has 5 heteroatoms. The minimum Gasteiger partial charge on any atom is -0.493 e. The van der Waals surface area contributed by atoms with E-state index in [0.717, 1.165) is 30.0 Å². The average Bonchev–Trinajstić information content (AvgIpc) is 2.70. The Kier molecular flexibility index (Phi) is 6.09. The molecule has 0 saturated heterocycles. The number of carbonyl (C=O) groups is 1. The molecule has 0 N–H and O–H groups in total. The lowest BCUT2D eigenvalue weighted by atomic mass is 9.98. The second-order valence-corrected chi connectivity index (χ2v) is 7.75. The van der Waals surface area contributed by atoms with Crippen molar-refractivity contribution >= 4 is 17.7 Å². The van der Waals surface area contributed by atoms with Gasteiger partial charge in [0.15, 0.2) is 11.5 Å². The Morgan fingerprint density at radius 3 is 2.42 bits per heavy atom. The van der Waals surface area contributed by atoms with Gasteiger partial charge in [0.05, 0.1) is 19.5 Å². The highest BCUT2D eigenvalue weighted by atomic mass is 32.2. The van der Waals surface area contributed by atoms with E-state index in [1.54, 1.807) is 26.0 Å². The lowest BCUT2D eigenvalue weighted by molar-refractivity contribution is -0.131. The van der Waals surface area contributed by atoms with Crippen molar-refractivity contribution in [3.05, 3.63) is 59.2 Å². The zero-order valence-corrected chi connectivity index (χ0v) is 16.3. The molecule has 1 amide bonds. The first kappa shape index (κ1) is 18.6. The van der Waals surface area contributed by atoms with Crippen molar-refractivity contribution in [2.75, 3.05) is 20.8 Å². The summed E-state index contributed by atoms with van der Waals surface area (Å²) in [6.45, 7) is 3.38. The molecule has 3 rings (SSSR count). The standard InChI is InChI=1S/C21H25NO3S/c1-15(26-14-16-7-5-4-6-8-16)21(23)22-10-9-17-11-19(24-2)20(25-3)12-18(17)13-22/h4-8,11-12,15H,9-10,13-14H2,1-3H3. The van der Waals surface area contributed by atoms with Crippen LogP contribution in [0, 0.1) is 0 Å². The molecular formula is C21H25NO3S. The largest absolute Gasteiger partial charge is 0.493 e. The summed E-state index contributed by atoms with van der Waals surface area (Å²) in [7, 11) is 3.28. The highest BCUT2D eigenvalue weighted by Crippen LogP contribution is 2.33. The van der Waals surface area contributed by atoms with Gasteiger partial charge >= 0.3 is 0 Å². The van der Waals surface area contributed by atoms with E-state index in [2.05, 4.69) is 12.1 Å². The third-order valence-corrected chi connectivity index (χ3v) is 5.92. The summed E-state index contributed by atoms with van der Waals surface area (Å²) in [6, 6.07) is 14.3. The monoisotopic (exact) mass is 371 g/mol. The summed E-state index contributed by atoms with van der Waals surface area (Å²) in [5.74, 6) is 2.51. The van der Waals surface area contributed by atoms with Crippen molar-refractivity contribution in [1.82, 2.24) is 4.90 Å². The maximum atomic E-state index is 12.9. The van der Waals surface area contributed by atoms with Gasteiger partial charge < -0.3 is 14.4 Å². The van der Waals surface area contributed by atoms with Crippen LogP contribution in [-0.4, -0.2) is 36.8 Å². The lowest BCUT2D eigenvalue weighted by Gasteiger charge is -2.31. The zero-order chi connectivity index (χ0) is 18.5. The van der Waals surface area contributed by atoms with E-state index in [1.807, 2.05) is 42.2 Å². The number of fused-ring (bicyclic) bond motifs is 1. The Balaban J connectivity index is 1.64. The third-order valence-electron chi connectivity index (χ3n) is 4.72. The Labute approximate surface area is 159 Å². The summed E-state index contributed by atoms with van der Waals surface area (Å²) in [5.41, 5.74) is 3.62. The van der Waals surface area contributed by atoms with Gasteiger partial charge in [0.2, 0.25) is 5.91 Å². The molecule has 1 aliphatic heterocycles. The number of nitrogens with zero attached hydrogens (tertiary/aromatic N) is 1. The van der Waals surface area contributed by atoms with Crippen LogP contribution in [0.4, 0.5) is 0 Å². The highest BCUT2D eigenvalue weighted by molar-refractivity contribution is 7.99. The molecule has 0 spiro atoms. The van der Waals surface area contributed by atoms with Crippen molar-refractivity contribution < 1.29 is 14.3 Å². The minimum absolute atomic E-state index is 0.0584. The molecule has 2 aromatic carbocycles. The van der Waals surface area contributed by atoms with Crippen LogP contribution >= 0.6 is 11.8 Å². The van der Waals surface area contributed by atoms with E-state index in [-0.39, 0.29) is 11.2 Å². The third kappa shape index (κ3) is 4.15. The fraction of sp³-hybridized carbons (Fsp3) is 0.381. The summed E-state index contributed by atoms with van der Waals surface area (Å²) in [6.07, 6.45) is 0.845. The summed E-state index contributed by atoms with van der Waals surface area (Å²) in [4.78, 5) is 14.8. The molecule has 0 bridgehead atoms. The van der Waals surface area contributed by atoms with Gasteiger partial charge in [-0.05, 0) is 42.2 Å². The Hall–Kier alpha value is -2.14. The predicted molar refractivity (Wildman–Crippen MR) is 106 cm³/mol. The zero-order valence-electron chi connectivity index (χ0n) is 15.5. The molecular weight excluding hydrogens is 346 g/mol. The summed E-state index contributed by atoms with van der Waals surface area (Å²) < 4.78 is 10.8. The number of ether oxygens (including phenoxy) is 2. The van der Waals surface area contributed by atoms with Crippen LogP contribution in [0.1, 0.15) is 23.6 Å². The molecule has 1 heterocycles. The van der Waals surface area contributed by atoms with Gasteiger partial charge in [-0.3, -0.25) is 4.79 Å². The topological polar surface area (TPSA) is 38.8 Å². The van der Waals surface area contributed by atoms with Crippen LogP contribution in [0.25, 0.3) is 0 Å². The molecule has 26 heavy (non-hydrogen) atoms. The number of carbonyl (C=O) groups excluding carboxylic acids is 1. The molecule has 1 unspecified atom stereocenters. The lowest BCUT2D eigenvalue weighted by Crippen LogP contribution is -2.40. The van der Waals surface area contributed by atoms with Crippen LogP contribution in [0.15, 0.2) is 42.5 Å². The van der Waals surface area contributed by atoms with Crippen molar-refractivity contribution in [1.29, 1.82) is 0 Å². The molecule has 1 aliphatic rings. The Morgan fingerprint density at radius 1 is 1.12 bits per heavy atom. The van der Waals surface area contributed by atoms with Gasteiger partial charge in [-0.1, -0.05) is 30.3 Å². The van der Waals surface area contributed by atoms with Crippen LogP contribution in [0.5, 0.6) is 11.5 Å². The first-order chi connectivity index (χ1) is 12.6. The second kappa shape index (κ2) is 8.49. The first-order valence-corrected chi connectivity index (χ1v) is 9.85. The van der Waals surface area contributed by atoms with Crippen LogP contribution < -0.4 is 9.47 Å². The fourth-order valence-electron chi connectivity index (χ4n) is 3.20. The molecule has 4 nitrogen and oxygen atoms in total. The second-order valence-electron chi connectivity index (χ2n) is 6.42. The van der Waals surface area contributed by atoms with Crippen molar-refractivity contribution in [2.24, 2.45) is 0 Å². The van der Waals surface area contributed by atoms with Gasteiger partial charge in [0.1, 0.15) is 0 Å². The summed E-state index contributed by atoms with van der Waals surface area (Å²) >= 11 is 1.69. The van der Waals surface area contributed by atoms with Crippen LogP contribution in [0.2, 0.25) is 0 Å². The van der Waals surface area contributed by atoms with E-state index in [1.165, 1.54) is 11.1 Å². The number of thioether (sulfide) groups is 1. The average molecular weight is 372 g/mol. The van der Waals surface area contributed by atoms with Gasteiger partial charge in [0, 0.05) is 18.8 Å². The van der Waals surface area contributed by atoms with E-state index >= 15 is 0 Å². The van der Waals surface area contributed by atoms with E-state index in [0.29, 0.717) is 12.3 Å². The molecule has 0 fully saturated rings. The predicted octanol–water partition coefficient (Wildman–Crippen LogP) is 3.91. The number of methoxy groups -OCH3 is 2. The number of benzene rings is 2. The number of amides is 1. The molecule has 138 valence electrons. The fourth-order valence-corrected chi connectivity index (χ4v) is 4.12. The van der Waals surface area contributed by atoms with Crippen molar-refractivity contribution in [3.63, 3.8) is 0 Å². The SMILES string of the molecule is COc1cc2c(cc1OC)CN(C(=O)C(C)SCc1ccccc1)CC2. The molecule has 2 aromatic rings. The van der Waals surface area contributed by atoms with Gasteiger partial charge in [-0.15, -0.1) is 11.8 Å². The molecule has 0 aromatic heterocycles. The molecule has 0 radical (unpaired) electrons. The van der Waals surface area contributed by atoms with Gasteiger partial charge in [-0.25, -0.2) is 0 Å². The smallest absolute Gasteiger partial charge is 0.235 e. The normalized spacial score (nSPS) is 14.5. The van der Waals surface area contributed by atoms with Crippen molar-refractivity contribution in [3.8, 4) is 11.5 Å². The van der Waals surface area contributed by atoms with Gasteiger partial charge in [0.25, 0.3) is 0 Å². The van der Waals surface area contributed by atoms with Crippen LogP contribution in [-0.2, 0) is 23.5 Å². The number of hydrogen-bond acceptors (Lipinski definition) is 4. The number of rotatable bonds is 6. The number of hydrogen-bond donors (Lipinski definition) is 0.